The number of rotatable bonds is 5. The standard InChI is InChI=1S/C23H23N5O5/c24-11-14-1-4-16(9-15(14)12-25)26-22(31)20(30)21-23(32)28(7-8-33-21)17-5-2-13-3-6-19(29)27-18(13)10-17/h1-2,4-5,9-10,20-21,30H,3,6-8,12,25H2,(H,26,31)(H,27,29)/t20-,21-/m1/s1. The third-order valence-corrected chi connectivity index (χ3v) is 5.69. The molecular formula is C23H23N5O5. The van der Waals surface area contributed by atoms with Crippen molar-refractivity contribution >= 4 is 34.8 Å². The lowest BCUT2D eigenvalue weighted by atomic mass is 10.0. The molecule has 2 atom stereocenters. The predicted octanol–water partition coefficient (Wildman–Crippen LogP) is 0.633. The van der Waals surface area contributed by atoms with E-state index in [2.05, 4.69) is 10.6 Å². The molecule has 170 valence electrons. The molecule has 2 aromatic carbocycles. The molecule has 10 nitrogen and oxygen atoms in total. The summed E-state index contributed by atoms with van der Waals surface area (Å²) >= 11 is 0. The van der Waals surface area contributed by atoms with Crippen LogP contribution in [0.3, 0.4) is 0 Å². The smallest absolute Gasteiger partial charge is 0.259 e. The van der Waals surface area contributed by atoms with Crippen LogP contribution in [0.4, 0.5) is 17.1 Å². The van der Waals surface area contributed by atoms with E-state index in [9.17, 15) is 19.5 Å². The van der Waals surface area contributed by atoms with Crippen LogP contribution in [0.2, 0.25) is 0 Å². The van der Waals surface area contributed by atoms with Crippen molar-refractivity contribution in [3.05, 3.63) is 53.1 Å². The minimum Gasteiger partial charge on any atom is -0.380 e. The van der Waals surface area contributed by atoms with Gasteiger partial charge in [0, 0.05) is 36.6 Å². The number of benzene rings is 2. The lowest BCUT2D eigenvalue weighted by molar-refractivity contribution is -0.150. The summed E-state index contributed by atoms with van der Waals surface area (Å²) in [6.07, 6.45) is -2.11. The SMILES string of the molecule is N#Cc1ccc(NC(=O)[C@H](O)[C@H]2OCCN(c3ccc4c(c3)NC(=O)CC4)C2=O)cc1CN. The van der Waals surface area contributed by atoms with Gasteiger partial charge >= 0.3 is 0 Å². The van der Waals surface area contributed by atoms with Crippen molar-refractivity contribution in [2.45, 2.75) is 31.6 Å². The molecule has 2 aliphatic heterocycles. The van der Waals surface area contributed by atoms with E-state index in [4.69, 9.17) is 15.7 Å². The van der Waals surface area contributed by atoms with Crippen molar-refractivity contribution in [3.63, 3.8) is 0 Å². The lowest BCUT2D eigenvalue weighted by Gasteiger charge is -2.34. The second-order valence-electron chi connectivity index (χ2n) is 7.79. The van der Waals surface area contributed by atoms with Crippen LogP contribution in [0, 0.1) is 11.3 Å². The Morgan fingerprint density at radius 2 is 2.12 bits per heavy atom. The predicted molar refractivity (Wildman–Crippen MR) is 119 cm³/mol. The van der Waals surface area contributed by atoms with Gasteiger partial charge in [0.2, 0.25) is 5.91 Å². The third-order valence-electron chi connectivity index (χ3n) is 5.69. The Bertz CT molecular complexity index is 1160. The summed E-state index contributed by atoms with van der Waals surface area (Å²) in [6, 6.07) is 11.9. The number of carbonyl (C=O) groups is 3. The van der Waals surface area contributed by atoms with Crippen LogP contribution in [-0.4, -0.2) is 48.2 Å². The maximum Gasteiger partial charge on any atom is 0.259 e. The molecule has 3 amide bonds. The Hall–Kier alpha value is -3.78. The fraction of sp³-hybridized carbons (Fsp3) is 0.304. The Balaban J connectivity index is 1.48. The number of nitrogens with zero attached hydrogens (tertiary/aromatic N) is 2. The number of fused-ring (bicyclic) bond motifs is 1. The second-order valence-corrected chi connectivity index (χ2v) is 7.79. The van der Waals surface area contributed by atoms with Crippen molar-refractivity contribution in [3.8, 4) is 6.07 Å². The highest BCUT2D eigenvalue weighted by Crippen LogP contribution is 2.29. The quantitative estimate of drug-likeness (QED) is 0.521. The van der Waals surface area contributed by atoms with Gasteiger partial charge in [0.05, 0.1) is 18.2 Å². The average Bonchev–Trinajstić information content (AvgIpc) is 2.83. The van der Waals surface area contributed by atoms with Crippen molar-refractivity contribution in [1.29, 1.82) is 5.26 Å². The fourth-order valence-electron chi connectivity index (χ4n) is 3.92. The number of nitrogens with two attached hydrogens (primary N) is 1. The first-order chi connectivity index (χ1) is 15.9. The minimum absolute atomic E-state index is 0.0847. The number of aliphatic hydroxyl groups excluding tert-OH is 1. The monoisotopic (exact) mass is 449 g/mol. The molecule has 0 aromatic heterocycles. The van der Waals surface area contributed by atoms with E-state index in [1.165, 1.54) is 17.0 Å². The Morgan fingerprint density at radius 3 is 2.88 bits per heavy atom. The van der Waals surface area contributed by atoms with Gasteiger partial charge in [0.1, 0.15) is 0 Å². The van der Waals surface area contributed by atoms with Crippen molar-refractivity contribution in [2.75, 3.05) is 28.7 Å². The number of carbonyl (C=O) groups excluding carboxylic acids is 3. The van der Waals surface area contributed by atoms with Crippen molar-refractivity contribution in [1.82, 2.24) is 0 Å². The molecule has 2 aliphatic rings. The Labute approximate surface area is 189 Å². The number of nitrogens with one attached hydrogen (secondary N) is 2. The molecular weight excluding hydrogens is 426 g/mol. The van der Waals surface area contributed by atoms with Gasteiger partial charge in [-0.15, -0.1) is 0 Å². The molecule has 1 saturated heterocycles. The topological polar surface area (TPSA) is 158 Å². The fourth-order valence-corrected chi connectivity index (χ4v) is 3.92. The number of morpholine rings is 1. The van der Waals surface area contributed by atoms with Gasteiger partial charge in [0.25, 0.3) is 11.8 Å². The highest BCUT2D eigenvalue weighted by molar-refractivity contribution is 6.04. The normalized spacial score (nSPS) is 18.7. The van der Waals surface area contributed by atoms with E-state index in [1.54, 1.807) is 18.2 Å². The van der Waals surface area contributed by atoms with E-state index in [0.29, 0.717) is 41.0 Å². The molecule has 0 spiro atoms. The van der Waals surface area contributed by atoms with Crippen LogP contribution < -0.4 is 21.3 Å². The molecule has 0 bridgehead atoms. The zero-order chi connectivity index (χ0) is 23.5. The molecule has 4 rings (SSSR count). The van der Waals surface area contributed by atoms with Gasteiger partial charge in [-0.2, -0.15) is 5.26 Å². The van der Waals surface area contributed by atoms with Crippen LogP contribution in [0.1, 0.15) is 23.1 Å². The van der Waals surface area contributed by atoms with Gasteiger partial charge in [-0.05, 0) is 47.9 Å². The second kappa shape index (κ2) is 9.38. The van der Waals surface area contributed by atoms with Gasteiger partial charge < -0.3 is 31.1 Å². The summed E-state index contributed by atoms with van der Waals surface area (Å²) < 4.78 is 5.44. The summed E-state index contributed by atoms with van der Waals surface area (Å²) in [5.74, 6) is -1.47. The summed E-state index contributed by atoms with van der Waals surface area (Å²) in [5, 5.41) is 25.0. The first-order valence-corrected chi connectivity index (χ1v) is 10.5. The first-order valence-electron chi connectivity index (χ1n) is 10.5. The summed E-state index contributed by atoms with van der Waals surface area (Å²) in [7, 11) is 0. The number of hydrogen-bond acceptors (Lipinski definition) is 7. The largest absolute Gasteiger partial charge is 0.380 e. The molecule has 0 radical (unpaired) electrons. The number of amides is 3. The van der Waals surface area contributed by atoms with E-state index < -0.39 is 24.0 Å². The molecule has 0 aliphatic carbocycles. The summed E-state index contributed by atoms with van der Waals surface area (Å²) in [4.78, 5) is 38.8. The average molecular weight is 449 g/mol. The van der Waals surface area contributed by atoms with Crippen LogP contribution in [0.25, 0.3) is 0 Å². The van der Waals surface area contributed by atoms with Crippen LogP contribution in [0.15, 0.2) is 36.4 Å². The molecule has 2 heterocycles. The zero-order valence-electron chi connectivity index (χ0n) is 17.7. The molecule has 0 unspecified atom stereocenters. The van der Waals surface area contributed by atoms with E-state index in [0.717, 1.165) is 5.56 Å². The number of aryl methyl sites for hydroxylation is 1. The molecule has 5 N–H and O–H groups in total. The zero-order valence-corrected chi connectivity index (χ0v) is 17.7. The maximum absolute atomic E-state index is 13.1. The third kappa shape index (κ3) is 4.56. The number of ether oxygens (including phenoxy) is 1. The lowest BCUT2D eigenvalue weighted by Crippen LogP contribution is -2.55. The number of nitriles is 1. The van der Waals surface area contributed by atoms with Gasteiger partial charge in [-0.1, -0.05) is 6.07 Å². The van der Waals surface area contributed by atoms with Crippen LogP contribution >= 0.6 is 0 Å². The van der Waals surface area contributed by atoms with Crippen LogP contribution in [-0.2, 0) is 32.1 Å². The molecule has 33 heavy (non-hydrogen) atoms. The van der Waals surface area contributed by atoms with E-state index in [-0.39, 0.29) is 25.6 Å². The van der Waals surface area contributed by atoms with Gasteiger partial charge in [-0.3, -0.25) is 14.4 Å². The molecule has 0 saturated carbocycles. The number of anilines is 3. The Morgan fingerprint density at radius 1 is 1.30 bits per heavy atom. The Kier molecular flexibility index (Phi) is 6.37. The maximum atomic E-state index is 13.1. The molecule has 2 aromatic rings. The number of hydrogen-bond donors (Lipinski definition) is 4. The van der Waals surface area contributed by atoms with Gasteiger partial charge in [0.15, 0.2) is 12.2 Å². The van der Waals surface area contributed by atoms with Crippen LogP contribution in [0.5, 0.6) is 0 Å². The van der Waals surface area contributed by atoms with Crippen molar-refractivity contribution < 1.29 is 24.2 Å². The first kappa shape index (κ1) is 22.4. The minimum atomic E-state index is -1.76. The summed E-state index contributed by atoms with van der Waals surface area (Å²) in [5.41, 5.74) is 9.07. The molecule has 10 heteroatoms. The number of aliphatic hydroxyl groups is 1. The van der Waals surface area contributed by atoms with E-state index in [1.807, 2.05) is 12.1 Å². The van der Waals surface area contributed by atoms with E-state index >= 15 is 0 Å². The van der Waals surface area contributed by atoms with Gasteiger partial charge in [-0.25, -0.2) is 0 Å². The molecule has 1 fully saturated rings. The highest BCUT2D eigenvalue weighted by atomic mass is 16.5. The van der Waals surface area contributed by atoms with Crippen molar-refractivity contribution in [2.24, 2.45) is 5.73 Å². The summed E-state index contributed by atoms with van der Waals surface area (Å²) in [6.45, 7) is 0.472. The highest BCUT2D eigenvalue weighted by Gasteiger charge is 2.39.